The maximum Gasteiger partial charge on any atom is 0.148 e. The molecular weight excluding hydrogens is 233 g/mol. The minimum Gasteiger partial charge on any atom is -0.372 e. The molecule has 15 heavy (non-hydrogen) atoms. The third-order valence-corrected chi connectivity index (χ3v) is 2.89. The molecule has 0 aliphatic carbocycles. The number of benzene rings is 1. The number of nitrogens with zero attached hydrogens (tertiary/aromatic N) is 1. The van der Waals surface area contributed by atoms with Crippen molar-refractivity contribution in [3.63, 3.8) is 0 Å². The molecule has 0 saturated carbocycles. The van der Waals surface area contributed by atoms with Crippen LogP contribution in [-0.2, 0) is 0 Å². The predicted octanol–water partition coefficient (Wildman–Crippen LogP) is 3.43. The average molecular weight is 242 g/mol. The number of nitrogens with one attached hydrogen (secondary N) is 2. The lowest BCUT2D eigenvalue weighted by molar-refractivity contribution is 1.09. The third-order valence-electron chi connectivity index (χ3n) is 2.08. The molecule has 0 saturated heterocycles. The van der Waals surface area contributed by atoms with E-state index in [0.717, 1.165) is 17.1 Å². The number of rotatable bonds is 2. The van der Waals surface area contributed by atoms with Crippen LogP contribution in [0.4, 0.5) is 5.82 Å². The van der Waals surface area contributed by atoms with Gasteiger partial charge >= 0.3 is 0 Å². The smallest absolute Gasteiger partial charge is 0.148 e. The van der Waals surface area contributed by atoms with E-state index in [9.17, 15) is 0 Å². The van der Waals surface area contributed by atoms with Crippen LogP contribution in [0.5, 0.6) is 0 Å². The lowest BCUT2D eigenvalue weighted by Gasteiger charge is -2.01. The molecule has 0 bridgehead atoms. The summed E-state index contributed by atoms with van der Waals surface area (Å²) in [5.74, 6) is 0.765. The molecule has 1 aromatic heterocycles. The van der Waals surface area contributed by atoms with Crippen LogP contribution in [0.1, 0.15) is 0 Å². The lowest BCUT2D eigenvalue weighted by Crippen LogP contribution is -1.85. The summed E-state index contributed by atoms with van der Waals surface area (Å²) in [4.78, 5) is 0. The van der Waals surface area contributed by atoms with Crippen LogP contribution in [0, 0.1) is 0 Å². The number of anilines is 1. The number of aromatic amines is 1. The maximum absolute atomic E-state index is 6.08. The van der Waals surface area contributed by atoms with Gasteiger partial charge in [0.2, 0.25) is 0 Å². The molecule has 1 aromatic carbocycles. The molecule has 0 amide bonds. The zero-order valence-electron chi connectivity index (χ0n) is 8.01. The van der Waals surface area contributed by atoms with E-state index in [-0.39, 0.29) is 0 Å². The Bertz CT molecular complexity index is 479. The van der Waals surface area contributed by atoms with Crippen LogP contribution in [0.2, 0.25) is 10.0 Å². The monoisotopic (exact) mass is 241 g/mol. The van der Waals surface area contributed by atoms with Crippen molar-refractivity contribution in [2.75, 3.05) is 12.4 Å². The van der Waals surface area contributed by atoms with Gasteiger partial charge < -0.3 is 5.32 Å². The Balaban J connectivity index is 2.49. The second kappa shape index (κ2) is 4.13. The summed E-state index contributed by atoms with van der Waals surface area (Å²) in [5, 5.41) is 10.9. The SMILES string of the molecule is CNc1cc(-c2cccc(Cl)c2Cl)[nH]n1. The summed E-state index contributed by atoms with van der Waals surface area (Å²) < 4.78 is 0. The van der Waals surface area contributed by atoms with Gasteiger partial charge in [0.15, 0.2) is 0 Å². The Morgan fingerprint density at radius 1 is 1.33 bits per heavy atom. The van der Waals surface area contributed by atoms with Gasteiger partial charge in [-0.1, -0.05) is 35.3 Å². The first kappa shape index (κ1) is 10.3. The van der Waals surface area contributed by atoms with E-state index in [4.69, 9.17) is 23.2 Å². The summed E-state index contributed by atoms with van der Waals surface area (Å²) in [6.45, 7) is 0. The van der Waals surface area contributed by atoms with Gasteiger partial charge in [-0.15, -0.1) is 0 Å². The second-order valence-electron chi connectivity index (χ2n) is 3.02. The molecule has 0 unspecified atom stereocenters. The van der Waals surface area contributed by atoms with Crippen molar-refractivity contribution in [1.29, 1.82) is 0 Å². The summed E-state index contributed by atoms with van der Waals surface area (Å²) >= 11 is 12.0. The van der Waals surface area contributed by atoms with Gasteiger partial charge in [0.1, 0.15) is 5.82 Å². The van der Waals surface area contributed by atoms with E-state index in [1.165, 1.54) is 0 Å². The van der Waals surface area contributed by atoms with E-state index in [1.54, 1.807) is 13.1 Å². The summed E-state index contributed by atoms with van der Waals surface area (Å²) in [7, 11) is 1.81. The number of hydrogen-bond donors (Lipinski definition) is 2. The fraction of sp³-hybridized carbons (Fsp3) is 0.100. The highest BCUT2D eigenvalue weighted by atomic mass is 35.5. The topological polar surface area (TPSA) is 40.7 Å². The first-order valence-electron chi connectivity index (χ1n) is 4.40. The highest BCUT2D eigenvalue weighted by Gasteiger charge is 2.08. The maximum atomic E-state index is 6.08. The Morgan fingerprint density at radius 3 is 2.80 bits per heavy atom. The highest BCUT2D eigenvalue weighted by molar-refractivity contribution is 6.43. The molecule has 2 rings (SSSR count). The van der Waals surface area contributed by atoms with E-state index >= 15 is 0 Å². The Hall–Kier alpha value is -1.19. The summed E-state index contributed by atoms with van der Waals surface area (Å²) in [6.07, 6.45) is 0. The van der Waals surface area contributed by atoms with Gasteiger partial charge in [-0.25, -0.2) is 0 Å². The quantitative estimate of drug-likeness (QED) is 0.846. The Kier molecular flexibility index (Phi) is 2.84. The van der Waals surface area contributed by atoms with Crippen LogP contribution in [0.15, 0.2) is 24.3 Å². The van der Waals surface area contributed by atoms with Gasteiger partial charge in [-0.05, 0) is 6.07 Å². The van der Waals surface area contributed by atoms with Crippen molar-refractivity contribution in [1.82, 2.24) is 10.2 Å². The van der Waals surface area contributed by atoms with Gasteiger partial charge in [0, 0.05) is 18.7 Å². The van der Waals surface area contributed by atoms with Crippen molar-refractivity contribution in [3.05, 3.63) is 34.3 Å². The molecule has 0 aliphatic rings. The molecule has 3 nitrogen and oxygen atoms in total. The third kappa shape index (κ3) is 1.94. The minimum atomic E-state index is 0.533. The number of H-pyrrole nitrogens is 1. The standard InChI is InChI=1S/C10H9Cl2N3/c1-13-9-5-8(14-15-9)6-3-2-4-7(11)10(6)12/h2-5H,1H3,(H2,13,14,15). The van der Waals surface area contributed by atoms with Crippen LogP contribution < -0.4 is 5.32 Å². The highest BCUT2D eigenvalue weighted by Crippen LogP contribution is 2.32. The average Bonchev–Trinajstić information content (AvgIpc) is 2.70. The summed E-state index contributed by atoms with van der Waals surface area (Å²) in [6, 6.07) is 7.37. The molecule has 0 atom stereocenters. The molecular formula is C10H9Cl2N3. The molecule has 0 fully saturated rings. The van der Waals surface area contributed by atoms with Crippen LogP contribution in [0.3, 0.4) is 0 Å². The van der Waals surface area contributed by atoms with Gasteiger partial charge in [0.25, 0.3) is 0 Å². The van der Waals surface area contributed by atoms with Crippen molar-refractivity contribution in [2.45, 2.75) is 0 Å². The zero-order valence-corrected chi connectivity index (χ0v) is 9.52. The van der Waals surface area contributed by atoms with Crippen LogP contribution in [0.25, 0.3) is 11.3 Å². The van der Waals surface area contributed by atoms with E-state index in [0.29, 0.717) is 10.0 Å². The van der Waals surface area contributed by atoms with E-state index < -0.39 is 0 Å². The van der Waals surface area contributed by atoms with Crippen molar-refractivity contribution in [2.24, 2.45) is 0 Å². The first-order valence-corrected chi connectivity index (χ1v) is 5.15. The normalized spacial score (nSPS) is 10.3. The summed E-state index contributed by atoms with van der Waals surface area (Å²) in [5.41, 5.74) is 1.69. The Morgan fingerprint density at radius 2 is 2.13 bits per heavy atom. The predicted molar refractivity (Wildman–Crippen MR) is 63.6 cm³/mol. The van der Waals surface area contributed by atoms with Crippen molar-refractivity contribution < 1.29 is 0 Å². The largest absolute Gasteiger partial charge is 0.372 e. The fourth-order valence-corrected chi connectivity index (χ4v) is 1.70. The second-order valence-corrected chi connectivity index (χ2v) is 3.80. The number of halogens is 2. The Labute approximate surface area is 97.4 Å². The lowest BCUT2D eigenvalue weighted by atomic mass is 10.1. The zero-order chi connectivity index (χ0) is 10.8. The first-order chi connectivity index (χ1) is 7.22. The van der Waals surface area contributed by atoms with Gasteiger partial charge in [-0.2, -0.15) is 5.10 Å². The molecule has 5 heteroatoms. The molecule has 0 radical (unpaired) electrons. The van der Waals surface area contributed by atoms with Gasteiger partial charge in [-0.3, -0.25) is 5.10 Å². The molecule has 2 aromatic rings. The van der Waals surface area contributed by atoms with Crippen LogP contribution >= 0.6 is 23.2 Å². The van der Waals surface area contributed by atoms with Crippen molar-refractivity contribution in [3.8, 4) is 11.3 Å². The van der Waals surface area contributed by atoms with Gasteiger partial charge in [0.05, 0.1) is 15.7 Å². The molecule has 0 spiro atoms. The molecule has 0 aliphatic heterocycles. The molecule has 2 N–H and O–H groups in total. The number of hydrogen-bond acceptors (Lipinski definition) is 2. The van der Waals surface area contributed by atoms with Crippen molar-refractivity contribution >= 4 is 29.0 Å². The van der Waals surface area contributed by atoms with E-state index in [2.05, 4.69) is 15.5 Å². The molecule has 78 valence electrons. The minimum absolute atomic E-state index is 0.533. The van der Waals surface area contributed by atoms with E-state index in [1.807, 2.05) is 18.2 Å². The number of aromatic nitrogens is 2. The molecule has 1 heterocycles. The fourth-order valence-electron chi connectivity index (χ4n) is 1.30. The van der Waals surface area contributed by atoms with Crippen LogP contribution in [-0.4, -0.2) is 17.2 Å².